The molecule has 0 saturated heterocycles. The van der Waals surface area contributed by atoms with Crippen LogP contribution in [0.5, 0.6) is 6.01 Å². The van der Waals surface area contributed by atoms with Crippen molar-refractivity contribution in [3.63, 3.8) is 0 Å². The van der Waals surface area contributed by atoms with Crippen molar-refractivity contribution in [3.05, 3.63) is 0 Å². The Bertz CT molecular complexity index is 378. The Morgan fingerprint density at radius 1 is 1.24 bits per heavy atom. The van der Waals surface area contributed by atoms with Gasteiger partial charge in [-0.25, -0.2) is 0 Å². The minimum absolute atomic E-state index is 0.342. The van der Waals surface area contributed by atoms with E-state index in [-0.39, 0.29) is 0 Å². The highest BCUT2D eigenvalue weighted by molar-refractivity contribution is 5.37. The number of nitrogens with zero attached hydrogens (tertiary/aromatic N) is 3. The maximum atomic E-state index is 5.06. The fraction of sp³-hybridized carbons (Fsp3) is 0.727. The molecule has 17 heavy (non-hydrogen) atoms. The van der Waals surface area contributed by atoms with Gasteiger partial charge in [0.15, 0.2) is 0 Å². The number of hydrogen-bond donors (Lipinski definition) is 2. The van der Waals surface area contributed by atoms with Crippen LogP contribution in [0.4, 0.5) is 11.9 Å². The van der Waals surface area contributed by atoms with Gasteiger partial charge in [-0.05, 0) is 18.8 Å². The third-order valence-corrected chi connectivity index (χ3v) is 2.38. The Labute approximate surface area is 101 Å². The molecule has 0 spiro atoms. The summed E-state index contributed by atoms with van der Waals surface area (Å²) in [5.41, 5.74) is 0. The molecule has 0 unspecified atom stereocenters. The van der Waals surface area contributed by atoms with Crippen molar-refractivity contribution in [3.8, 4) is 6.01 Å². The molecule has 0 aromatic carbocycles. The van der Waals surface area contributed by atoms with Gasteiger partial charge in [0, 0.05) is 12.6 Å². The Morgan fingerprint density at radius 3 is 2.53 bits per heavy atom. The summed E-state index contributed by atoms with van der Waals surface area (Å²) in [5.74, 6) is 1.69. The van der Waals surface area contributed by atoms with Crippen LogP contribution in [-0.4, -0.2) is 34.6 Å². The second kappa shape index (κ2) is 5.16. The monoisotopic (exact) mass is 237 g/mol. The molecule has 2 N–H and O–H groups in total. The van der Waals surface area contributed by atoms with Crippen LogP contribution in [0.25, 0.3) is 0 Å². The second-order valence-corrected chi connectivity index (χ2v) is 4.66. The molecule has 0 radical (unpaired) electrons. The molecule has 1 aliphatic rings. The van der Waals surface area contributed by atoms with E-state index in [0.29, 0.717) is 29.9 Å². The van der Waals surface area contributed by atoms with Gasteiger partial charge >= 0.3 is 6.01 Å². The lowest BCUT2D eigenvalue weighted by atomic mass is 10.2. The van der Waals surface area contributed by atoms with Crippen LogP contribution in [-0.2, 0) is 0 Å². The van der Waals surface area contributed by atoms with E-state index < -0.39 is 0 Å². The first-order valence-corrected chi connectivity index (χ1v) is 5.98. The molecule has 6 nitrogen and oxygen atoms in total. The molecule has 94 valence electrons. The van der Waals surface area contributed by atoms with E-state index in [2.05, 4.69) is 39.4 Å². The predicted octanol–water partition coefficient (Wildman–Crippen LogP) is 1.52. The lowest BCUT2D eigenvalue weighted by molar-refractivity contribution is 0.379. The van der Waals surface area contributed by atoms with Crippen molar-refractivity contribution in [2.24, 2.45) is 5.92 Å². The third kappa shape index (κ3) is 3.72. The van der Waals surface area contributed by atoms with Crippen LogP contribution < -0.4 is 15.4 Å². The smallest absolute Gasteiger partial charge is 0.322 e. The normalized spacial score (nSPS) is 14.8. The second-order valence-electron chi connectivity index (χ2n) is 4.66. The molecule has 1 fully saturated rings. The van der Waals surface area contributed by atoms with Gasteiger partial charge in [0.05, 0.1) is 7.11 Å². The van der Waals surface area contributed by atoms with Crippen LogP contribution in [0.1, 0.15) is 26.7 Å². The Kier molecular flexibility index (Phi) is 3.61. The summed E-state index contributed by atoms with van der Waals surface area (Å²) in [5, 5.41) is 6.41. The van der Waals surface area contributed by atoms with Crippen LogP contribution >= 0.6 is 0 Å². The zero-order valence-electron chi connectivity index (χ0n) is 10.5. The van der Waals surface area contributed by atoms with E-state index in [0.717, 1.165) is 6.54 Å². The summed E-state index contributed by atoms with van der Waals surface area (Å²) < 4.78 is 5.06. The molecule has 1 saturated carbocycles. The Balaban J connectivity index is 2.06. The molecule has 2 rings (SSSR count). The fourth-order valence-electron chi connectivity index (χ4n) is 1.30. The minimum atomic E-state index is 0.342. The molecule has 0 bridgehead atoms. The summed E-state index contributed by atoms with van der Waals surface area (Å²) in [4.78, 5) is 12.6. The van der Waals surface area contributed by atoms with E-state index in [1.165, 1.54) is 12.8 Å². The number of nitrogens with one attached hydrogen (secondary N) is 2. The van der Waals surface area contributed by atoms with E-state index >= 15 is 0 Å². The zero-order chi connectivity index (χ0) is 12.3. The number of ether oxygens (including phenoxy) is 1. The molecular weight excluding hydrogens is 218 g/mol. The number of hydrogen-bond acceptors (Lipinski definition) is 6. The van der Waals surface area contributed by atoms with Crippen molar-refractivity contribution < 1.29 is 4.74 Å². The highest BCUT2D eigenvalue weighted by atomic mass is 16.5. The number of aromatic nitrogens is 3. The van der Waals surface area contributed by atoms with Gasteiger partial charge in [-0.2, -0.15) is 15.0 Å². The zero-order valence-corrected chi connectivity index (χ0v) is 10.5. The summed E-state index contributed by atoms with van der Waals surface area (Å²) in [6.07, 6.45) is 2.37. The summed E-state index contributed by atoms with van der Waals surface area (Å²) in [6.45, 7) is 5.10. The molecule has 1 heterocycles. The van der Waals surface area contributed by atoms with Gasteiger partial charge < -0.3 is 15.4 Å². The summed E-state index contributed by atoms with van der Waals surface area (Å²) in [7, 11) is 1.56. The lowest BCUT2D eigenvalue weighted by Gasteiger charge is -2.10. The Hall–Kier alpha value is -1.59. The van der Waals surface area contributed by atoms with E-state index in [9.17, 15) is 0 Å². The highest BCUT2D eigenvalue weighted by Crippen LogP contribution is 2.23. The SMILES string of the molecule is COc1nc(NCC(C)C)nc(NC2CC2)n1. The van der Waals surface area contributed by atoms with Crippen molar-refractivity contribution in [1.29, 1.82) is 0 Å². The van der Waals surface area contributed by atoms with Gasteiger partial charge in [-0.15, -0.1) is 0 Å². The van der Waals surface area contributed by atoms with Crippen molar-refractivity contribution in [2.75, 3.05) is 24.3 Å². The van der Waals surface area contributed by atoms with E-state index in [1.807, 2.05) is 0 Å². The van der Waals surface area contributed by atoms with Crippen molar-refractivity contribution >= 4 is 11.9 Å². The van der Waals surface area contributed by atoms with Crippen LogP contribution in [0, 0.1) is 5.92 Å². The summed E-state index contributed by atoms with van der Waals surface area (Å²) >= 11 is 0. The first-order valence-electron chi connectivity index (χ1n) is 5.98. The minimum Gasteiger partial charge on any atom is -0.467 e. The molecule has 1 aromatic rings. The molecule has 0 aliphatic heterocycles. The van der Waals surface area contributed by atoms with Crippen molar-refractivity contribution in [2.45, 2.75) is 32.7 Å². The van der Waals surface area contributed by atoms with Gasteiger partial charge in [0.1, 0.15) is 0 Å². The maximum absolute atomic E-state index is 5.06. The molecule has 1 aliphatic carbocycles. The number of rotatable bonds is 6. The highest BCUT2D eigenvalue weighted by Gasteiger charge is 2.22. The van der Waals surface area contributed by atoms with Crippen LogP contribution in [0.3, 0.4) is 0 Å². The lowest BCUT2D eigenvalue weighted by Crippen LogP contribution is -2.14. The predicted molar refractivity (Wildman–Crippen MR) is 66.4 cm³/mol. The number of methoxy groups -OCH3 is 1. The molecule has 0 atom stereocenters. The van der Waals surface area contributed by atoms with Gasteiger partial charge in [-0.3, -0.25) is 0 Å². The largest absolute Gasteiger partial charge is 0.467 e. The summed E-state index contributed by atoms with van der Waals surface area (Å²) in [6, 6.07) is 0.856. The van der Waals surface area contributed by atoms with Gasteiger partial charge in [0.25, 0.3) is 0 Å². The van der Waals surface area contributed by atoms with Gasteiger partial charge in [-0.1, -0.05) is 13.8 Å². The molecule has 6 heteroatoms. The van der Waals surface area contributed by atoms with Crippen LogP contribution in [0.2, 0.25) is 0 Å². The quantitative estimate of drug-likeness (QED) is 0.781. The molecule has 1 aromatic heterocycles. The van der Waals surface area contributed by atoms with Crippen molar-refractivity contribution in [1.82, 2.24) is 15.0 Å². The molecule has 0 amide bonds. The van der Waals surface area contributed by atoms with E-state index in [4.69, 9.17) is 4.74 Å². The van der Waals surface area contributed by atoms with Crippen LogP contribution in [0.15, 0.2) is 0 Å². The third-order valence-electron chi connectivity index (χ3n) is 2.38. The maximum Gasteiger partial charge on any atom is 0.322 e. The number of anilines is 2. The van der Waals surface area contributed by atoms with E-state index in [1.54, 1.807) is 7.11 Å². The standard InChI is InChI=1S/C11H19N5O/c1-7(2)6-12-9-14-10(13-8-4-5-8)16-11(15-9)17-3/h7-8H,4-6H2,1-3H3,(H2,12,13,14,15,16). The molecular formula is C11H19N5O. The Morgan fingerprint density at radius 2 is 1.94 bits per heavy atom. The fourth-order valence-corrected chi connectivity index (χ4v) is 1.30. The topological polar surface area (TPSA) is 72.0 Å². The average Bonchev–Trinajstić information content (AvgIpc) is 3.10. The first kappa shape index (κ1) is 11.9. The van der Waals surface area contributed by atoms with Gasteiger partial charge in [0.2, 0.25) is 11.9 Å². The first-order chi connectivity index (χ1) is 8.17. The average molecular weight is 237 g/mol.